The first-order valence-electron chi connectivity index (χ1n) is 8.19. The van der Waals surface area contributed by atoms with Gasteiger partial charge in [-0.2, -0.15) is 0 Å². The standard InChI is InChI=1S/C20H33BrO/c1-17(2)8-6-9-19(4)13-15-22-16-20(5)11-7-10-18(3)12-14-21/h8,11-13H,6-7,9-10,14-16H2,1-5H3/b18-12+,19-13-,20-11+. The van der Waals surface area contributed by atoms with Crippen LogP contribution in [0.1, 0.15) is 60.3 Å². The van der Waals surface area contributed by atoms with Crippen molar-refractivity contribution in [1.29, 1.82) is 0 Å². The van der Waals surface area contributed by atoms with Crippen molar-refractivity contribution < 1.29 is 4.74 Å². The van der Waals surface area contributed by atoms with Crippen molar-refractivity contribution in [2.45, 2.75) is 60.3 Å². The van der Waals surface area contributed by atoms with E-state index in [0.717, 1.165) is 37.6 Å². The van der Waals surface area contributed by atoms with E-state index in [1.165, 1.54) is 22.3 Å². The van der Waals surface area contributed by atoms with E-state index in [4.69, 9.17) is 4.74 Å². The molecule has 0 aromatic carbocycles. The lowest BCUT2D eigenvalue weighted by Crippen LogP contribution is -1.96. The smallest absolute Gasteiger partial charge is 0.0678 e. The summed E-state index contributed by atoms with van der Waals surface area (Å²) in [6.07, 6.45) is 13.5. The number of allylic oxidation sites excluding steroid dienone is 6. The van der Waals surface area contributed by atoms with E-state index in [1.54, 1.807) is 0 Å². The molecule has 0 fully saturated rings. The zero-order valence-electron chi connectivity index (χ0n) is 15.0. The second kappa shape index (κ2) is 14.0. The Morgan fingerprint density at radius 1 is 0.773 bits per heavy atom. The minimum Gasteiger partial charge on any atom is -0.373 e. The molecule has 0 unspecified atom stereocenters. The Bertz CT molecular complexity index is 409. The van der Waals surface area contributed by atoms with Crippen molar-refractivity contribution >= 4 is 15.9 Å². The molecule has 0 aliphatic rings. The van der Waals surface area contributed by atoms with Crippen molar-refractivity contribution in [1.82, 2.24) is 0 Å². The molecule has 0 heterocycles. The van der Waals surface area contributed by atoms with Gasteiger partial charge >= 0.3 is 0 Å². The lowest BCUT2D eigenvalue weighted by atomic mass is 10.1. The predicted molar refractivity (Wildman–Crippen MR) is 104 cm³/mol. The first-order valence-corrected chi connectivity index (χ1v) is 9.31. The highest BCUT2D eigenvalue weighted by Gasteiger charge is 1.93. The third-order valence-electron chi connectivity index (χ3n) is 3.43. The minimum absolute atomic E-state index is 0.717. The van der Waals surface area contributed by atoms with Gasteiger partial charge in [-0.15, -0.1) is 0 Å². The lowest BCUT2D eigenvalue weighted by Gasteiger charge is -2.04. The average molecular weight is 369 g/mol. The van der Waals surface area contributed by atoms with Gasteiger partial charge < -0.3 is 4.74 Å². The Labute approximate surface area is 146 Å². The number of ether oxygens (including phenoxy) is 1. The van der Waals surface area contributed by atoms with Gasteiger partial charge in [-0.25, -0.2) is 0 Å². The second-order valence-corrected chi connectivity index (χ2v) is 6.83. The second-order valence-electron chi connectivity index (χ2n) is 6.18. The molecule has 0 rings (SSSR count). The largest absolute Gasteiger partial charge is 0.373 e. The summed E-state index contributed by atoms with van der Waals surface area (Å²) in [4.78, 5) is 0. The molecule has 0 aromatic rings. The van der Waals surface area contributed by atoms with Crippen LogP contribution in [-0.4, -0.2) is 18.5 Å². The van der Waals surface area contributed by atoms with Crippen LogP contribution >= 0.6 is 15.9 Å². The summed E-state index contributed by atoms with van der Waals surface area (Å²) in [5.41, 5.74) is 5.57. The van der Waals surface area contributed by atoms with Crippen LogP contribution in [0.5, 0.6) is 0 Å². The van der Waals surface area contributed by atoms with E-state index in [2.05, 4.69) is 74.9 Å². The molecule has 0 saturated heterocycles. The van der Waals surface area contributed by atoms with E-state index in [9.17, 15) is 0 Å². The average Bonchev–Trinajstić information content (AvgIpc) is 2.43. The van der Waals surface area contributed by atoms with Gasteiger partial charge in [0.15, 0.2) is 0 Å². The minimum atomic E-state index is 0.717. The van der Waals surface area contributed by atoms with Gasteiger partial charge in [0.05, 0.1) is 13.2 Å². The topological polar surface area (TPSA) is 9.23 Å². The van der Waals surface area contributed by atoms with E-state index in [0.29, 0.717) is 6.61 Å². The number of halogens is 1. The van der Waals surface area contributed by atoms with Crippen molar-refractivity contribution in [2.75, 3.05) is 18.5 Å². The molecular formula is C20H33BrO. The maximum atomic E-state index is 5.72. The van der Waals surface area contributed by atoms with Crippen molar-refractivity contribution in [3.8, 4) is 0 Å². The SMILES string of the molecule is CC(C)=CCC/C(C)=C\COC/C(C)=C/CC/C(C)=C/CBr. The fourth-order valence-electron chi connectivity index (χ4n) is 1.95. The summed E-state index contributed by atoms with van der Waals surface area (Å²) in [6, 6.07) is 0. The molecule has 0 aromatic heterocycles. The Balaban J connectivity index is 3.85. The highest BCUT2D eigenvalue weighted by atomic mass is 79.9. The molecule has 0 atom stereocenters. The molecule has 126 valence electrons. The molecule has 22 heavy (non-hydrogen) atoms. The fraction of sp³-hybridized carbons (Fsp3) is 0.600. The van der Waals surface area contributed by atoms with E-state index in [-0.39, 0.29) is 0 Å². The van der Waals surface area contributed by atoms with Crippen molar-refractivity contribution in [3.63, 3.8) is 0 Å². The number of alkyl halides is 1. The molecule has 0 N–H and O–H groups in total. The van der Waals surface area contributed by atoms with Crippen LogP contribution in [0.15, 0.2) is 46.6 Å². The predicted octanol–water partition coefficient (Wildman–Crippen LogP) is 6.76. The Morgan fingerprint density at radius 3 is 1.95 bits per heavy atom. The molecule has 0 radical (unpaired) electrons. The first kappa shape index (κ1) is 21.4. The fourth-order valence-corrected chi connectivity index (χ4v) is 2.50. The van der Waals surface area contributed by atoms with Gasteiger partial charge in [0.25, 0.3) is 0 Å². The summed E-state index contributed by atoms with van der Waals surface area (Å²) in [7, 11) is 0. The van der Waals surface area contributed by atoms with E-state index < -0.39 is 0 Å². The zero-order chi connectivity index (χ0) is 16.8. The van der Waals surface area contributed by atoms with Crippen LogP contribution in [0.2, 0.25) is 0 Å². The normalized spacial score (nSPS) is 13.5. The van der Waals surface area contributed by atoms with Crippen LogP contribution in [0.25, 0.3) is 0 Å². The van der Waals surface area contributed by atoms with Gasteiger partial charge in [0.2, 0.25) is 0 Å². The first-order chi connectivity index (χ1) is 10.5. The molecule has 0 bridgehead atoms. The van der Waals surface area contributed by atoms with E-state index in [1.807, 2.05) is 0 Å². The molecule has 0 aliphatic heterocycles. The molecule has 0 aliphatic carbocycles. The van der Waals surface area contributed by atoms with Crippen molar-refractivity contribution in [2.24, 2.45) is 0 Å². The van der Waals surface area contributed by atoms with Gasteiger partial charge in [0, 0.05) is 5.33 Å². The Morgan fingerprint density at radius 2 is 1.36 bits per heavy atom. The van der Waals surface area contributed by atoms with Crippen LogP contribution in [0, 0.1) is 0 Å². The van der Waals surface area contributed by atoms with Gasteiger partial charge in [0.1, 0.15) is 0 Å². The number of rotatable bonds is 11. The summed E-state index contributed by atoms with van der Waals surface area (Å²) in [5.74, 6) is 0. The molecular weight excluding hydrogens is 336 g/mol. The van der Waals surface area contributed by atoms with Crippen LogP contribution < -0.4 is 0 Å². The zero-order valence-corrected chi connectivity index (χ0v) is 16.6. The summed E-state index contributed by atoms with van der Waals surface area (Å²) < 4.78 is 5.72. The lowest BCUT2D eigenvalue weighted by molar-refractivity contribution is 0.186. The summed E-state index contributed by atoms with van der Waals surface area (Å²) >= 11 is 3.43. The van der Waals surface area contributed by atoms with Crippen molar-refractivity contribution in [3.05, 3.63) is 46.6 Å². The highest BCUT2D eigenvalue weighted by molar-refractivity contribution is 9.09. The van der Waals surface area contributed by atoms with E-state index >= 15 is 0 Å². The number of hydrogen-bond acceptors (Lipinski definition) is 1. The van der Waals surface area contributed by atoms with Crippen LogP contribution in [0.3, 0.4) is 0 Å². The van der Waals surface area contributed by atoms with Gasteiger partial charge in [-0.3, -0.25) is 0 Å². The summed E-state index contributed by atoms with van der Waals surface area (Å²) in [6.45, 7) is 12.3. The maximum Gasteiger partial charge on any atom is 0.0678 e. The maximum absolute atomic E-state index is 5.72. The van der Waals surface area contributed by atoms with Crippen LogP contribution in [0.4, 0.5) is 0 Å². The van der Waals surface area contributed by atoms with Crippen LogP contribution in [-0.2, 0) is 4.74 Å². The monoisotopic (exact) mass is 368 g/mol. The molecule has 0 saturated carbocycles. The highest BCUT2D eigenvalue weighted by Crippen LogP contribution is 2.09. The Kier molecular flexibility index (Phi) is 13.6. The molecule has 2 heteroatoms. The van der Waals surface area contributed by atoms with Gasteiger partial charge in [-0.1, -0.05) is 62.5 Å². The quantitative estimate of drug-likeness (QED) is 0.222. The third kappa shape index (κ3) is 14.3. The number of hydrogen-bond donors (Lipinski definition) is 0. The Hall–Kier alpha value is -0.600. The summed E-state index contributed by atoms with van der Waals surface area (Å²) in [5, 5.41) is 0.948. The third-order valence-corrected chi connectivity index (χ3v) is 3.75. The van der Waals surface area contributed by atoms with Gasteiger partial charge in [-0.05, 0) is 60.3 Å². The molecule has 0 amide bonds. The molecule has 0 spiro atoms. The molecule has 1 nitrogen and oxygen atoms in total.